The molecule has 82 valence electrons. The minimum Gasteiger partial charge on any atom is -0.397 e. The summed E-state index contributed by atoms with van der Waals surface area (Å²) in [6, 6.07) is 0. The van der Waals surface area contributed by atoms with E-state index in [9.17, 15) is 10.0 Å². The fraction of sp³-hybridized carbons (Fsp3) is 0.0833. The average Bonchev–Trinajstić information content (AvgIpc) is 2.20. The number of nitrogens with zero attached hydrogens (tertiary/aromatic N) is 1. The molecule has 1 aliphatic heterocycles. The quantitative estimate of drug-likeness (QED) is 0.642. The Bertz CT molecular complexity index is 493. The molecule has 0 aromatic heterocycles. The molecule has 4 heteroatoms. The van der Waals surface area contributed by atoms with E-state index in [1.807, 2.05) is 6.92 Å². The van der Waals surface area contributed by atoms with Crippen LogP contribution in [0.5, 0.6) is 0 Å². The van der Waals surface area contributed by atoms with E-state index in [4.69, 9.17) is 5.73 Å². The van der Waals surface area contributed by atoms with Gasteiger partial charge in [0, 0.05) is 11.8 Å². The fourth-order valence-corrected chi connectivity index (χ4v) is 1.69. The number of hydrogen-bond donors (Lipinski definition) is 2. The molecule has 0 saturated carbocycles. The van der Waals surface area contributed by atoms with Crippen LogP contribution in [0.3, 0.4) is 0 Å². The van der Waals surface area contributed by atoms with Crippen LogP contribution in [0.4, 0.5) is 0 Å². The van der Waals surface area contributed by atoms with Crippen molar-refractivity contribution in [3.8, 4) is 0 Å². The Kier molecular flexibility index (Phi) is 2.50. The molecule has 0 aromatic rings. The molecule has 0 radical (unpaired) electrons. The van der Waals surface area contributed by atoms with Gasteiger partial charge in [-0.3, -0.25) is 10.0 Å². The second-order valence-electron chi connectivity index (χ2n) is 3.63. The highest BCUT2D eigenvalue weighted by molar-refractivity contribution is 6.02. The van der Waals surface area contributed by atoms with Crippen molar-refractivity contribution in [3.05, 3.63) is 59.1 Å². The zero-order chi connectivity index (χ0) is 11.7. The summed E-state index contributed by atoms with van der Waals surface area (Å²) in [6.07, 6.45) is 9.48. The molecule has 1 heterocycles. The van der Waals surface area contributed by atoms with Crippen molar-refractivity contribution in [2.75, 3.05) is 0 Å². The van der Waals surface area contributed by atoms with Crippen LogP contribution in [0.2, 0.25) is 0 Å². The molecule has 0 saturated heterocycles. The van der Waals surface area contributed by atoms with E-state index in [-0.39, 0.29) is 5.78 Å². The summed E-state index contributed by atoms with van der Waals surface area (Å²) < 4.78 is 0. The largest absolute Gasteiger partial charge is 0.397 e. The van der Waals surface area contributed by atoms with Gasteiger partial charge in [0.05, 0.1) is 11.4 Å². The van der Waals surface area contributed by atoms with E-state index in [1.54, 1.807) is 18.2 Å². The number of allylic oxidation sites excluding steroid dienone is 7. The minimum atomic E-state index is -0.0553. The van der Waals surface area contributed by atoms with Crippen LogP contribution >= 0.6 is 0 Å². The highest BCUT2D eigenvalue weighted by atomic mass is 16.5. The molecule has 0 aromatic carbocycles. The molecule has 16 heavy (non-hydrogen) atoms. The normalized spacial score (nSPS) is 24.6. The molecule has 2 aliphatic rings. The van der Waals surface area contributed by atoms with Crippen molar-refractivity contribution in [1.29, 1.82) is 0 Å². The maximum Gasteiger partial charge on any atom is 0.178 e. The van der Waals surface area contributed by atoms with Gasteiger partial charge >= 0.3 is 0 Å². The predicted molar refractivity (Wildman–Crippen MR) is 60.0 cm³/mol. The first-order valence-corrected chi connectivity index (χ1v) is 4.87. The molecule has 0 fully saturated rings. The number of ketones is 1. The summed E-state index contributed by atoms with van der Waals surface area (Å²) in [7, 11) is 0. The molecule has 2 rings (SSSR count). The van der Waals surface area contributed by atoms with Crippen molar-refractivity contribution in [3.63, 3.8) is 0 Å². The molecule has 3 N–H and O–H groups in total. The number of hydrogen-bond acceptors (Lipinski definition) is 4. The SMILES string of the molecule is CC1=CC(=O)C=CC1=C1C(N)=CC=CN1O. The Labute approximate surface area is 93.3 Å². The van der Waals surface area contributed by atoms with E-state index < -0.39 is 0 Å². The lowest BCUT2D eigenvalue weighted by Crippen LogP contribution is -2.22. The highest BCUT2D eigenvalue weighted by Gasteiger charge is 2.18. The summed E-state index contributed by atoms with van der Waals surface area (Å²) in [6.45, 7) is 1.81. The van der Waals surface area contributed by atoms with Crippen LogP contribution in [0.15, 0.2) is 59.1 Å². The molecule has 1 aliphatic carbocycles. The Hall–Kier alpha value is -2.07. The Morgan fingerprint density at radius 3 is 2.75 bits per heavy atom. The van der Waals surface area contributed by atoms with Crippen molar-refractivity contribution in [2.45, 2.75) is 6.92 Å². The lowest BCUT2D eigenvalue weighted by atomic mass is 9.96. The number of hydroxylamine groups is 2. The van der Waals surface area contributed by atoms with Gasteiger partial charge in [-0.25, -0.2) is 5.06 Å². The number of carbonyl (C=O) groups excluding carboxylic acids is 1. The maximum atomic E-state index is 11.1. The zero-order valence-electron chi connectivity index (χ0n) is 8.84. The summed E-state index contributed by atoms with van der Waals surface area (Å²) >= 11 is 0. The summed E-state index contributed by atoms with van der Waals surface area (Å²) in [5.74, 6) is -0.0553. The van der Waals surface area contributed by atoms with Crippen molar-refractivity contribution in [2.24, 2.45) is 5.73 Å². The van der Waals surface area contributed by atoms with Gasteiger partial charge in [-0.2, -0.15) is 0 Å². The first-order chi connectivity index (χ1) is 7.59. The monoisotopic (exact) mass is 216 g/mol. The lowest BCUT2D eigenvalue weighted by molar-refractivity contribution is -0.110. The first-order valence-electron chi connectivity index (χ1n) is 4.87. The maximum absolute atomic E-state index is 11.1. The van der Waals surface area contributed by atoms with E-state index in [2.05, 4.69) is 0 Å². The van der Waals surface area contributed by atoms with Gasteiger partial charge in [-0.05, 0) is 42.9 Å². The Balaban J connectivity index is 2.54. The van der Waals surface area contributed by atoms with Crippen molar-refractivity contribution < 1.29 is 10.0 Å². The molecule has 4 nitrogen and oxygen atoms in total. The summed E-state index contributed by atoms with van der Waals surface area (Å²) in [5, 5.41) is 10.7. The lowest BCUT2D eigenvalue weighted by Gasteiger charge is -2.23. The fourth-order valence-electron chi connectivity index (χ4n) is 1.69. The van der Waals surface area contributed by atoms with Crippen LogP contribution in [0, 0.1) is 0 Å². The van der Waals surface area contributed by atoms with Crippen LogP contribution in [0.25, 0.3) is 0 Å². The molecular formula is C12H12N2O2. The predicted octanol–water partition coefficient (Wildman–Crippen LogP) is 1.39. The minimum absolute atomic E-state index is 0.0553. The third kappa shape index (κ3) is 1.70. The second kappa shape index (κ2) is 3.83. The number of carbonyl (C=O) groups is 1. The molecule has 0 amide bonds. The van der Waals surface area contributed by atoms with Gasteiger partial charge < -0.3 is 5.73 Å². The summed E-state index contributed by atoms with van der Waals surface area (Å²) in [5.41, 5.74) is 8.30. The van der Waals surface area contributed by atoms with Crippen LogP contribution in [-0.2, 0) is 4.79 Å². The smallest absolute Gasteiger partial charge is 0.178 e. The Morgan fingerprint density at radius 1 is 1.38 bits per heavy atom. The summed E-state index contributed by atoms with van der Waals surface area (Å²) in [4.78, 5) is 11.1. The van der Waals surface area contributed by atoms with Crippen LogP contribution in [0.1, 0.15) is 6.92 Å². The molecule has 0 spiro atoms. The molecule has 0 atom stereocenters. The highest BCUT2D eigenvalue weighted by Crippen LogP contribution is 2.26. The van der Waals surface area contributed by atoms with E-state index in [1.165, 1.54) is 18.4 Å². The van der Waals surface area contributed by atoms with Crippen LogP contribution < -0.4 is 5.73 Å². The second-order valence-corrected chi connectivity index (χ2v) is 3.63. The molecular weight excluding hydrogens is 204 g/mol. The third-order valence-corrected chi connectivity index (χ3v) is 2.46. The number of rotatable bonds is 0. The van der Waals surface area contributed by atoms with Crippen molar-refractivity contribution in [1.82, 2.24) is 5.06 Å². The van der Waals surface area contributed by atoms with Gasteiger partial charge in [0.2, 0.25) is 0 Å². The van der Waals surface area contributed by atoms with Gasteiger partial charge in [0.1, 0.15) is 0 Å². The van der Waals surface area contributed by atoms with E-state index in [0.717, 1.165) is 16.2 Å². The van der Waals surface area contributed by atoms with Gasteiger partial charge in [0.25, 0.3) is 0 Å². The van der Waals surface area contributed by atoms with E-state index in [0.29, 0.717) is 11.4 Å². The van der Waals surface area contributed by atoms with E-state index >= 15 is 0 Å². The number of nitrogens with two attached hydrogens (primary N) is 1. The standard InChI is InChI=1S/C12H12N2O2/c1-8-7-9(15)4-5-10(8)12-11(13)3-2-6-14(12)16/h2-7,16H,13H2,1H3. The van der Waals surface area contributed by atoms with Gasteiger partial charge in [-0.15, -0.1) is 0 Å². The van der Waals surface area contributed by atoms with Crippen molar-refractivity contribution >= 4 is 5.78 Å². The molecule has 0 unspecified atom stereocenters. The van der Waals surface area contributed by atoms with Crippen LogP contribution in [-0.4, -0.2) is 16.1 Å². The third-order valence-electron chi connectivity index (χ3n) is 2.46. The van der Waals surface area contributed by atoms with Gasteiger partial charge in [-0.1, -0.05) is 0 Å². The Morgan fingerprint density at radius 2 is 2.12 bits per heavy atom. The topological polar surface area (TPSA) is 66.6 Å². The average molecular weight is 216 g/mol. The zero-order valence-corrected chi connectivity index (χ0v) is 8.84. The first kappa shape index (κ1) is 10.4. The van der Waals surface area contributed by atoms with Gasteiger partial charge in [0.15, 0.2) is 5.78 Å². The molecule has 0 bridgehead atoms.